The Hall–Kier alpha value is -1.46. The number of aromatic nitrogens is 1. The van der Waals surface area contributed by atoms with Crippen molar-refractivity contribution >= 4 is 28.7 Å². The van der Waals surface area contributed by atoms with Crippen LogP contribution in [0.4, 0.5) is 5.00 Å². The van der Waals surface area contributed by atoms with Crippen molar-refractivity contribution in [2.45, 2.75) is 19.3 Å². The maximum absolute atomic E-state index is 5.36. The van der Waals surface area contributed by atoms with Crippen molar-refractivity contribution < 1.29 is 9.47 Å². The number of ether oxygens (including phenoxy) is 2. The Morgan fingerprint density at radius 3 is 2.71 bits per heavy atom. The predicted octanol–water partition coefficient (Wildman–Crippen LogP) is 4.00. The number of nitrogens with zero attached hydrogens (tertiary/aromatic N) is 1. The Bertz CT molecular complexity index is 592. The van der Waals surface area contributed by atoms with Crippen molar-refractivity contribution in [2.24, 2.45) is 0 Å². The lowest BCUT2D eigenvalue weighted by atomic mass is 10.2. The van der Waals surface area contributed by atoms with Gasteiger partial charge in [-0.1, -0.05) is 11.3 Å². The summed E-state index contributed by atoms with van der Waals surface area (Å²) in [5, 5.41) is 5.71. The van der Waals surface area contributed by atoms with Crippen molar-refractivity contribution in [1.29, 1.82) is 0 Å². The van der Waals surface area contributed by atoms with Gasteiger partial charge in [0.05, 0.1) is 19.9 Å². The minimum Gasteiger partial charge on any atom is -0.493 e. The van der Waals surface area contributed by atoms with Gasteiger partial charge >= 0.3 is 0 Å². The standard InChI is InChI=1S/C15H18N2O2S.ClH/c1-18-12-7-6-10(9-13(12)19-2)14-17-11-5-3-4-8-16-15(11)20-14;/h6-7,9,16H,3-5,8H2,1-2H3;1H. The molecular weight excluding hydrogens is 308 g/mol. The lowest BCUT2D eigenvalue weighted by molar-refractivity contribution is 0.355. The number of thiazole rings is 1. The molecule has 0 fully saturated rings. The van der Waals surface area contributed by atoms with Gasteiger partial charge in [-0.25, -0.2) is 4.98 Å². The summed E-state index contributed by atoms with van der Waals surface area (Å²) >= 11 is 1.72. The van der Waals surface area contributed by atoms with Gasteiger partial charge in [-0.2, -0.15) is 0 Å². The zero-order valence-electron chi connectivity index (χ0n) is 12.1. The summed E-state index contributed by atoms with van der Waals surface area (Å²) < 4.78 is 10.6. The minimum atomic E-state index is 0. The normalized spacial score (nSPS) is 13.4. The number of methoxy groups -OCH3 is 2. The number of benzene rings is 1. The molecule has 2 heterocycles. The highest BCUT2D eigenvalue weighted by molar-refractivity contribution is 7.19. The van der Waals surface area contributed by atoms with Crippen LogP contribution in [0.15, 0.2) is 18.2 Å². The Balaban J connectivity index is 0.00000161. The molecule has 0 unspecified atom stereocenters. The van der Waals surface area contributed by atoms with Gasteiger partial charge in [0.2, 0.25) is 0 Å². The summed E-state index contributed by atoms with van der Waals surface area (Å²) in [5.41, 5.74) is 2.26. The molecule has 1 N–H and O–H groups in total. The third kappa shape index (κ3) is 3.24. The van der Waals surface area contributed by atoms with Crippen molar-refractivity contribution in [2.75, 3.05) is 26.1 Å². The first-order valence-corrected chi connectivity index (χ1v) is 7.59. The van der Waals surface area contributed by atoms with Crippen LogP contribution < -0.4 is 14.8 Å². The molecule has 21 heavy (non-hydrogen) atoms. The van der Waals surface area contributed by atoms with E-state index < -0.39 is 0 Å². The van der Waals surface area contributed by atoms with Crippen LogP contribution in [0.2, 0.25) is 0 Å². The van der Waals surface area contributed by atoms with Crippen molar-refractivity contribution in [1.82, 2.24) is 4.98 Å². The summed E-state index contributed by atoms with van der Waals surface area (Å²) in [6, 6.07) is 5.94. The Kier molecular flexibility index (Phi) is 5.31. The van der Waals surface area contributed by atoms with Gasteiger partial charge < -0.3 is 14.8 Å². The van der Waals surface area contributed by atoms with Crippen molar-refractivity contribution in [3.05, 3.63) is 23.9 Å². The molecular formula is C15H19ClN2O2S. The molecule has 0 saturated heterocycles. The molecule has 2 aromatic rings. The van der Waals surface area contributed by atoms with E-state index in [-0.39, 0.29) is 12.4 Å². The molecule has 3 rings (SSSR count). The quantitative estimate of drug-likeness (QED) is 0.926. The van der Waals surface area contributed by atoms with E-state index in [1.807, 2.05) is 18.2 Å². The van der Waals surface area contributed by atoms with Crippen LogP contribution in [-0.2, 0) is 6.42 Å². The predicted molar refractivity (Wildman–Crippen MR) is 89.3 cm³/mol. The van der Waals surface area contributed by atoms with E-state index in [0.717, 1.165) is 35.0 Å². The van der Waals surface area contributed by atoms with Gasteiger partial charge in [-0.15, -0.1) is 12.4 Å². The Labute approximate surface area is 134 Å². The number of nitrogens with one attached hydrogen (secondary N) is 1. The molecule has 1 aliphatic rings. The van der Waals surface area contributed by atoms with Gasteiger partial charge in [-0.3, -0.25) is 0 Å². The van der Waals surface area contributed by atoms with Crippen LogP contribution in [0.3, 0.4) is 0 Å². The minimum absolute atomic E-state index is 0. The molecule has 1 aromatic heterocycles. The van der Waals surface area contributed by atoms with Crippen LogP contribution in [0, 0.1) is 0 Å². The highest BCUT2D eigenvalue weighted by atomic mass is 35.5. The molecule has 0 saturated carbocycles. The van der Waals surface area contributed by atoms with E-state index in [0.29, 0.717) is 0 Å². The van der Waals surface area contributed by atoms with Crippen LogP contribution in [0.25, 0.3) is 10.6 Å². The van der Waals surface area contributed by atoms with Gasteiger partial charge in [0.1, 0.15) is 10.0 Å². The maximum atomic E-state index is 5.36. The zero-order valence-corrected chi connectivity index (χ0v) is 13.8. The average molecular weight is 327 g/mol. The monoisotopic (exact) mass is 326 g/mol. The molecule has 0 aliphatic carbocycles. The number of fused-ring (bicyclic) bond motifs is 1. The summed E-state index contributed by atoms with van der Waals surface area (Å²) in [5.74, 6) is 1.48. The number of hydrogen-bond acceptors (Lipinski definition) is 5. The topological polar surface area (TPSA) is 43.4 Å². The van der Waals surface area contributed by atoms with E-state index >= 15 is 0 Å². The van der Waals surface area contributed by atoms with E-state index in [1.165, 1.54) is 23.5 Å². The van der Waals surface area contributed by atoms with E-state index in [9.17, 15) is 0 Å². The third-order valence-electron chi connectivity index (χ3n) is 3.45. The van der Waals surface area contributed by atoms with Crippen LogP contribution in [-0.4, -0.2) is 25.7 Å². The van der Waals surface area contributed by atoms with E-state index in [4.69, 9.17) is 14.5 Å². The molecule has 114 valence electrons. The van der Waals surface area contributed by atoms with Gasteiger partial charge in [0.25, 0.3) is 0 Å². The van der Waals surface area contributed by atoms with Crippen LogP contribution >= 0.6 is 23.7 Å². The molecule has 0 amide bonds. The second-order valence-corrected chi connectivity index (χ2v) is 5.75. The fraction of sp³-hybridized carbons (Fsp3) is 0.400. The molecule has 4 nitrogen and oxygen atoms in total. The summed E-state index contributed by atoms with van der Waals surface area (Å²) in [4.78, 5) is 4.77. The van der Waals surface area contributed by atoms with Gasteiger partial charge in [-0.05, 0) is 37.5 Å². The fourth-order valence-electron chi connectivity index (χ4n) is 2.37. The van der Waals surface area contributed by atoms with Crippen LogP contribution in [0.5, 0.6) is 11.5 Å². The van der Waals surface area contributed by atoms with Crippen molar-refractivity contribution in [3.8, 4) is 22.1 Å². The first-order valence-electron chi connectivity index (χ1n) is 6.78. The molecule has 6 heteroatoms. The number of hydrogen-bond donors (Lipinski definition) is 1. The third-order valence-corrected chi connectivity index (χ3v) is 4.56. The fourth-order valence-corrected chi connectivity index (χ4v) is 3.41. The SMILES string of the molecule is COc1ccc(-c2nc3c(s2)NCCCC3)cc1OC.Cl. The van der Waals surface area contributed by atoms with Crippen molar-refractivity contribution in [3.63, 3.8) is 0 Å². The number of rotatable bonds is 3. The smallest absolute Gasteiger partial charge is 0.161 e. The lowest BCUT2D eigenvalue weighted by Crippen LogP contribution is -1.96. The molecule has 0 spiro atoms. The zero-order chi connectivity index (χ0) is 13.9. The largest absolute Gasteiger partial charge is 0.493 e. The number of halogens is 1. The molecule has 0 radical (unpaired) electrons. The highest BCUT2D eigenvalue weighted by Crippen LogP contribution is 2.37. The molecule has 1 aromatic carbocycles. The molecule has 1 aliphatic heterocycles. The average Bonchev–Trinajstić information content (AvgIpc) is 2.77. The number of anilines is 1. The summed E-state index contributed by atoms with van der Waals surface area (Å²) in [6.07, 6.45) is 3.48. The van der Waals surface area contributed by atoms with Gasteiger partial charge in [0.15, 0.2) is 11.5 Å². The second kappa shape index (κ2) is 7.00. The van der Waals surface area contributed by atoms with E-state index in [2.05, 4.69) is 5.32 Å². The Morgan fingerprint density at radius 2 is 1.95 bits per heavy atom. The molecule has 0 atom stereocenters. The first kappa shape index (κ1) is 15.9. The second-order valence-electron chi connectivity index (χ2n) is 4.75. The lowest BCUT2D eigenvalue weighted by Gasteiger charge is -2.08. The van der Waals surface area contributed by atoms with Gasteiger partial charge in [0, 0.05) is 12.1 Å². The van der Waals surface area contributed by atoms with Crippen LogP contribution in [0.1, 0.15) is 18.5 Å². The number of aryl methyl sites for hydroxylation is 1. The van der Waals surface area contributed by atoms with E-state index in [1.54, 1.807) is 25.6 Å². The Morgan fingerprint density at radius 1 is 1.14 bits per heavy atom. The highest BCUT2D eigenvalue weighted by Gasteiger charge is 2.16. The molecule has 0 bridgehead atoms. The first-order chi connectivity index (χ1) is 9.81. The summed E-state index contributed by atoms with van der Waals surface area (Å²) in [7, 11) is 3.30. The summed E-state index contributed by atoms with van der Waals surface area (Å²) in [6.45, 7) is 1.04. The maximum Gasteiger partial charge on any atom is 0.161 e.